The van der Waals surface area contributed by atoms with Crippen LogP contribution < -0.4 is 11.1 Å². The van der Waals surface area contributed by atoms with Crippen molar-refractivity contribution in [2.24, 2.45) is 0 Å². The average molecular weight is 277 g/mol. The van der Waals surface area contributed by atoms with Crippen molar-refractivity contribution in [3.8, 4) is 0 Å². The molecule has 0 saturated carbocycles. The van der Waals surface area contributed by atoms with Crippen LogP contribution >= 0.6 is 0 Å². The smallest absolute Gasteiger partial charge is 0.254 e. The van der Waals surface area contributed by atoms with Crippen molar-refractivity contribution in [1.29, 1.82) is 0 Å². The van der Waals surface area contributed by atoms with Crippen LogP contribution in [0.15, 0.2) is 22.7 Å². The van der Waals surface area contributed by atoms with Crippen molar-refractivity contribution in [2.75, 3.05) is 5.73 Å². The average Bonchev–Trinajstić information content (AvgIpc) is 2.71. The second-order valence-corrected chi connectivity index (χ2v) is 4.67. The van der Waals surface area contributed by atoms with Crippen LogP contribution in [-0.2, 0) is 0 Å². The van der Waals surface area contributed by atoms with Crippen LogP contribution in [0.3, 0.4) is 0 Å². The summed E-state index contributed by atoms with van der Waals surface area (Å²) in [6, 6.07) is 3.55. The van der Waals surface area contributed by atoms with E-state index in [-0.39, 0.29) is 11.6 Å². The van der Waals surface area contributed by atoms with Gasteiger partial charge in [0.2, 0.25) is 0 Å². The Morgan fingerprint density at radius 2 is 2.15 bits per heavy atom. The molecule has 0 spiro atoms. The topological polar surface area (TPSA) is 81.2 Å². The van der Waals surface area contributed by atoms with Crippen molar-refractivity contribution in [3.63, 3.8) is 0 Å². The molecule has 3 N–H and O–H groups in total. The van der Waals surface area contributed by atoms with Gasteiger partial charge >= 0.3 is 0 Å². The molecule has 0 aliphatic heterocycles. The van der Waals surface area contributed by atoms with E-state index < -0.39 is 11.7 Å². The second-order valence-electron chi connectivity index (χ2n) is 4.67. The number of nitrogens with one attached hydrogen (secondary N) is 1. The minimum atomic E-state index is -0.609. The summed E-state index contributed by atoms with van der Waals surface area (Å²) in [5.41, 5.74) is 7.31. The number of amides is 1. The predicted molar refractivity (Wildman–Crippen MR) is 72.7 cm³/mol. The maximum Gasteiger partial charge on any atom is 0.254 e. The molecule has 5 nitrogen and oxygen atoms in total. The maximum absolute atomic E-state index is 13.6. The Labute approximate surface area is 115 Å². The van der Waals surface area contributed by atoms with E-state index in [1.807, 2.05) is 0 Å². The number of carbonyl (C=O) groups excluding carboxylic acids is 1. The maximum atomic E-state index is 13.6. The fourth-order valence-corrected chi connectivity index (χ4v) is 2.17. The van der Waals surface area contributed by atoms with Crippen LogP contribution in [0.25, 0.3) is 0 Å². The fourth-order valence-electron chi connectivity index (χ4n) is 2.17. The number of nitrogens with two attached hydrogens (primary N) is 1. The van der Waals surface area contributed by atoms with Crippen LogP contribution in [-0.4, -0.2) is 11.1 Å². The molecule has 1 amide bonds. The van der Waals surface area contributed by atoms with E-state index in [2.05, 4.69) is 10.5 Å². The lowest BCUT2D eigenvalue weighted by Crippen LogP contribution is -2.28. The van der Waals surface area contributed by atoms with Gasteiger partial charge in [-0.1, -0.05) is 5.16 Å². The summed E-state index contributed by atoms with van der Waals surface area (Å²) >= 11 is 0. The number of carbonyl (C=O) groups is 1. The van der Waals surface area contributed by atoms with Gasteiger partial charge in [0, 0.05) is 11.3 Å². The Bertz CT molecular complexity index is 632. The number of hydrogen-bond acceptors (Lipinski definition) is 4. The summed E-state index contributed by atoms with van der Waals surface area (Å²) in [6.45, 7) is 5.34. The first-order valence-corrected chi connectivity index (χ1v) is 6.18. The van der Waals surface area contributed by atoms with Gasteiger partial charge in [-0.3, -0.25) is 4.79 Å². The molecule has 2 aromatic rings. The molecule has 106 valence electrons. The van der Waals surface area contributed by atoms with Gasteiger partial charge in [0.15, 0.2) is 0 Å². The Hall–Kier alpha value is -2.37. The SMILES string of the molecule is Cc1noc(C)c1C(C)NC(=O)c1cc(N)ccc1F. The molecule has 20 heavy (non-hydrogen) atoms. The van der Waals surface area contributed by atoms with E-state index in [9.17, 15) is 9.18 Å². The molecule has 6 heteroatoms. The first-order valence-electron chi connectivity index (χ1n) is 6.18. The number of anilines is 1. The standard InChI is InChI=1S/C14H16FN3O2/c1-7(13-8(2)18-20-9(13)3)17-14(19)11-6-10(16)4-5-12(11)15/h4-7H,16H2,1-3H3,(H,17,19). The highest BCUT2D eigenvalue weighted by Crippen LogP contribution is 2.22. The predicted octanol–water partition coefficient (Wildman–Crippen LogP) is 2.50. The van der Waals surface area contributed by atoms with Gasteiger partial charge in [-0.25, -0.2) is 4.39 Å². The third kappa shape index (κ3) is 2.64. The molecule has 0 saturated heterocycles. The summed E-state index contributed by atoms with van der Waals surface area (Å²) in [4.78, 5) is 12.1. The van der Waals surface area contributed by atoms with Gasteiger partial charge < -0.3 is 15.6 Å². The van der Waals surface area contributed by atoms with Gasteiger partial charge in [0.05, 0.1) is 17.3 Å². The molecular weight excluding hydrogens is 261 g/mol. The van der Waals surface area contributed by atoms with E-state index in [4.69, 9.17) is 10.3 Å². The molecule has 0 aliphatic rings. The zero-order valence-corrected chi connectivity index (χ0v) is 11.5. The number of nitrogens with zero attached hydrogens (tertiary/aromatic N) is 1. The quantitative estimate of drug-likeness (QED) is 0.845. The number of aryl methyl sites for hydroxylation is 2. The second kappa shape index (κ2) is 5.32. The largest absolute Gasteiger partial charge is 0.399 e. The van der Waals surface area contributed by atoms with Crippen LogP contribution in [0.2, 0.25) is 0 Å². The molecule has 0 aliphatic carbocycles. The zero-order chi connectivity index (χ0) is 14.9. The van der Waals surface area contributed by atoms with Gasteiger partial charge in [-0.15, -0.1) is 0 Å². The third-order valence-corrected chi connectivity index (χ3v) is 3.10. The zero-order valence-electron chi connectivity index (χ0n) is 11.5. The normalized spacial score (nSPS) is 12.2. The number of rotatable bonds is 3. The van der Waals surface area contributed by atoms with E-state index in [0.29, 0.717) is 17.1 Å². The van der Waals surface area contributed by atoms with Crippen LogP contribution in [0.1, 0.15) is 40.3 Å². The molecule has 1 aromatic carbocycles. The number of halogens is 1. The molecule has 1 unspecified atom stereocenters. The summed E-state index contributed by atoms with van der Waals surface area (Å²) in [7, 11) is 0. The Morgan fingerprint density at radius 3 is 2.75 bits per heavy atom. The minimum Gasteiger partial charge on any atom is -0.399 e. The van der Waals surface area contributed by atoms with Crippen molar-refractivity contribution in [3.05, 3.63) is 46.6 Å². The van der Waals surface area contributed by atoms with Gasteiger partial charge in [0.25, 0.3) is 5.91 Å². The summed E-state index contributed by atoms with van der Waals surface area (Å²) in [6.07, 6.45) is 0. The number of hydrogen-bond donors (Lipinski definition) is 2. The summed E-state index contributed by atoms with van der Waals surface area (Å²) in [5.74, 6) is -0.506. The molecule has 0 fully saturated rings. The Kier molecular flexibility index (Phi) is 3.74. The molecule has 1 heterocycles. The molecule has 1 aromatic heterocycles. The molecular formula is C14H16FN3O2. The lowest BCUT2D eigenvalue weighted by molar-refractivity contribution is 0.0935. The highest BCUT2D eigenvalue weighted by Gasteiger charge is 2.20. The minimum absolute atomic E-state index is 0.0800. The highest BCUT2D eigenvalue weighted by atomic mass is 19.1. The Morgan fingerprint density at radius 1 is 1.45 bits per heavy atom. The first kappa shape index (κ1) is 14.0. The fraction of sp³-hybridized carbons (Fsp3) is 0.286. The molecule has 0 bridgehead atoms. The van der Waals surface area contributed by atoms with E-state index >= 15 is 0 Å². The van der Waals surface area contributed by atoms with Crippen LogP contribution in [0.4, 0.5) is 10.1 Å². The van der Waals surface area contributed by atoms with Crippen LogP contribution in [0, 0.1) is 19.7 Å². The van der Waals surface area contributed by atoms with Gasteiger partial charge in [-0.05, 0) is 39.0 Å². The molecule has 2 rings (SSSR count). The van der Waals surface area contributed by atoms with Gasteiger partial charge in [0.1, 0.15) is 11.6 Å². The van der Waals surface area contributed by atoms with Crippen molar-refractivity contribution in [1.82, 2.24) is 10.5 Å². The van der Waals surface area contributed by atoms with Crippen LogP contribution in [0.5, 0.6) is 0 Å². The first-order chi connectivity index (χ1) is 9.40. The monoisotopic (exact) mass is 277 g/mol. The van der Waals surface area contributed by atoms with Crippen molar-refractivity contribution >= 4 is 11.6 Å². The van der Waals surface area contributed by atoms with Crippen molar-refractivity contribution in [2.45, 2.75) is 26.8 Å². The lowest BCUT2D eigenvalue weighted by Gasteiger charge is -2.14. The Balaban J connectivity index is 2.22. The third-order valence-electron chi connectivity index (χ3n) is 3.10. The lowest BCUT2D eigenvalue weighted by atomic mass is 10.1. The van der Waals surface area contributed by atoms with E-state index in [0.717, 1.165) is 5.56 Å². The van der Waals surface area contributed by atoms with E-state index in [1.54, 1.807) is 20.8 Å². The number of benzene rings is 1. The number of aromatic nitrogens is 1. The van der Waals surface area contributed by atoms with Crippen molar-refractivity contribution < 1.29 is 13.7 Å². The number of nitrogen functional groups attached to an aromatic ring is 1. The summed E-state index contributed by atoms with van der Waals surface area (Å²) in [5, 5.41) is 6.54. The summed E-state index contributed by atoms with van der Waals surface area (Å²) < 4.78 is 18.7. The highest BCUT2D eigenvalue weighted by molar-refractivity contribution is 5.95. The van der Waals surface area contributed by atoms with E-state index in [1.165, 1.54) is 18.2 Å². The molecule has 1 atom stereocenters. The van der Waals surface area contributed by atoms with Gasteiger partial charge in [-0.2, -0.15) is 0 Å². The molecule has 0 radical (unpaired) electrons.